The van der Waals surface area contributed by atoms with Crippen molar-refractivity contribution >= 4 is 11.9 Å². The van der Waals surface area contributed by atoms with Gasteiger partial charge in [-0.1, -0.05) is 25.1 Å². The fraction of sp³-hybridized carbons (Fsp3) is 0.571. The topological polar surface area (TPSA) is 105 Å². The molecule has 0 fully saturated rings. The molecule has 1 aromatic heterocycles. The van der Waals surface area contributed by atoms with Crippen molar-refractivity contribution in [3.63, 3.8) is 0 Å². The standard InChI is InChI=1S/C14H21N3O4/c1-4-5-6-10(14(19)20)15-11(18)7-8-12-16-13(9(2)3)17-21-12/h4,9-10H,1,5-8H2,2-3H3,(H,15,18)(H,19,20). The van der Waals surface area contributed by atoms with Gasteiger partial charge in [-0.15, -0.1) is 6.58 Å². The van der Waals surface area contributed by atoms with Crippen LogP contribution in [0.2, 0.25) is 0 Å². The van der Waals surface area contributed by atoms with Gasteiger partial charge in [-0.05, 0) is 12.8 Å². The van der Waals surface area contributed by atoms with Crippen molar-refractivity contribution in [3.05, 3.63) is 24.4 Å². The van der Waals surface area contributed by atoms with E-state index in [4.69, 9.17) is 9.63 Å². The van der Waals surface area contributed by atoms with Gasteiger partial charge in [0.2, 0.25) is 11.8 Å². The molecule has 0 aliphatic rings. The van der Waals surface area contributed by atoms with Gasteiger partial charge < -0.3 is 14.9 Å². The van der Waals surface area contributed by atoms with E-state index in [9.17, 15) is 9.59 Å². The van der Waals surface area contributed by atoms with Crippen molar-refractivity contribution in [1.29, 1.82) is 0 Å². The molecule has 7 heteroatoms. The van der Waals surface area contributed by atoms with E-state index in [-0.39, 0.29) is 18.2 Å². The van der Waals surface area contributed by atoms with Gasteiger partial charge >= 0.3 is 5.97 Å². The number of aliphatic carboxylic acids is 1. The van der Waals surface area contributed by atoms with Crippen LogP contribution in [-0.2, 0) is 16.0 Å². The summed E-state index contributed by atoms with van der Waals surface area (Å²) in [5.74, 6) is -0.265. The molecule has 1 heterocycles. The Morgan fingerprint density at radius 1 is 1.48 bits per heavy atom. The van der Waals surface area contributed by atoms with Crippen LogP contribution in [-0.4, -0.2) is 33.2 Å². The maximum Gasteiger partial charge on any atom is 0.326 e. The first-order valence-corrected chi connectivity index (χ1v) is 6.89. The summed E-state index contributed by atoms with van der Waals surface area (Å²) in [6.07, 6.45) is 2.87. The second kappa shape index (κ2) is 8.18. The van der Waals surface area contributed by atoms with Crippen molar-refractivity contribution < 1.29 is 19.2 Å². The highest BCUT2D eigenvalue weighted by Gasteiger charge is 2.19. The normalized spacial score (nSPS) is 12.1. The number of carbonyl (C=O) groups excluding carboxylic acids is 1. The number of hydrogen-bond donors (Lipinski definition) is 2. The molecule has 0 aromatic carbocycles. The summed E-state index contributed by atoms with van der Waals surface area (Å²) in [6, 6.07) is -0.899. The lowest BCUT2D eigenvalue weighted by atomic mass is 10.1. The van der Waals surface area contributed by atoms with Crippen LogP contribution < -0.4 is 5.32 Å². The number of hydrogen-bond acceptors (Lipinski definition) is 5. The zero-order valence-corrected chi connectivity index (χ0v) is 12.3. The van der Waals surface area contributed by atoms with Crippen LogP contribution in [0.1, 0.15) is 50.7 Å². The molecule has 2 N–H and O–H groups in total. The Morgan fingerprint density at radius 2 is 2.19 bits per heavy atom. The molecule has 0 radical (unpaired) electrons. The summed E-state index contributed by atoms with van der Waals surface area (Å²) >= 11 is 0. The fourth-order valence-electron chi connectivity index (χ4n) is 1.63. The van der Waals surface area contributed by atoms with E-state index in [1.807, 2.05) is 13.8 Å². The van der Waals surface area contributed by atoms with Crippen LogP contribution in [0.3, 0.4) is 0 Å². The number of nitrogens with zero attached hydrogens (tertiary/aromatic N) is 2. The number of carbonyl (C=O) groups is 2. The van der Waals surface area contributed by atoms with E-state index in [2.05, 4.69) is 22.0 Å². The summed E-state index contributed by atoms with van der Waals surface area (Å²) in [5.41, 5.74) is 0. The van der Waals surface area contributed by atoms with Gasteiger partial charge in [0.05, 0.1) is 0 Å². The molecule has 1 rings (SSSR count). The summed E-state index contributed by atoms with van der Waals surface area (Å²) < 4.78 is 5.02. The Kier molecular flexibility index (Phi) is 6.58. The molecule has 0 bridgehead atoms. The maximum absolute atomic E-state index is 11.7. The number of rotatable bonds is 9. The summed E-state index contributed by atoms with van der Waals surface area (Å²) in [7, 11) is 0. The quantitative estimate of drug-likeness (QED) is 0.671. The van der Waals surface area contributed by atoms with Gasteiger partial charge in [-0.3, -0.25) is 4.79 Å². The average molecular weight is 295 g/mol. The van der Waals surface area contributed by atoms with Crippen molar-refractivity contribution in [1.82, 2.24) is 15.5 Å². The van der Waals surface area contributed by atoms with E-state index < -0.39 is 12.0 Å². The molecule has 0 saturated heterocycles. The lowest BCUT2D eigenvalue weighted by Gasteiger charge is -2.12. The molecule has 0 aliphatic carbocycles. The second-order valence-corrected chi connectivity index (χ2v) is 5.03. The number of carboxylic acids is 1. The zero-order chi connectivity index (χ0) is 15.8. The van der Waals surface area contributed by atoms with Gasteiger partial charge in [0.15, 0.2) is 5.82 Å². The lowest BCUT2D eigenvalue weighted by molar-refractivity contribution is -0.142. The van der Waals surface area contributed by atoms with E-state index in [1.54, 1.807) is 6.08 Å². The van der Waals surface area contributed by atoms with Crippen molar-refractivity contribution in [2.75, 3.05) is 0 Å². The number of amides is 1. The molecular formula is C14H21N3O4. The van der Waals surface area contributed by atoms with Gasteiger partial charge in [0.1, 0.15) is 6.04 Å². The molecule has 0 aliphatic heterocycles. The maximum atomic E-state index is 11.7. The van der Waals surface area contributed by atoms with Crippen LogP contribution in [0.4, 0.5) is 0 Å². The summed E-state index contributed by atoms with van der Waals surface area (Å²) in [6.45, 7) is 7.42. The Bertz CT molecular complexity index is 496. The Hall–Kier alpha value is -2.18. The van der Waals surface area contributed by atoms with E-state index in [0.29, 0.717) is 31.0 Å². The van der Waals surface area contributed by atoms with Crippen LogP contribution in [0.5, 0.6) is 0 Å². The molecule has 1 atom stereocenters. The van der Waals surface area contributed by atoms with E-state index in [0.717, 1.165) is 0 Å². The van der Waals surface area contributed by atoms with Crippen LogP contribution in [0, 0.1) is 0 Å². The molecule has 1 amide bonds. The van der Waals surface area contributed by atoms with Gasteiger partial charge in [-0.2, -0.15) is 4.98 Å². The first-order chi connectivity index (χ1) is 9.93. The number of nitrogens with one attached hydrogen (secondary N) is 1. The highest BCUT2D eigenvalue weighted by atomic mass is 16.5. The molecule has 1 aromatic rings. The molecule has 7 nitrogen and oxygen atoms in total. The smallest absolute Gasteiger partial charge is 0.326 e. The van der Waals surface area contributed by atoms with E-state index >= 15 is 0 Å². The predicted molar refractivity (Wildman–Crippen MR) is 75.7 cm³/mol. The SMILES string of the molecule is C=CCCC(NC(=O)CCc1nc(C(C)C)no1)C(=O)O. The Labute approximate surface area is 123 Å². The third-order valence-electron chi connectivity index (χ3n) is 2.86. The van der Waals surface area contributed by atoms with Crippen LogP contribution >= 0.6 is 0 Å². The van der Waals surface area contributed by atoms with Gasteiger partial charge in [0, 0.05) is 18.8 Å². The summed E-state index contributed by atoms with van der Waals surface area (Å²) in [4.78, 5) is 26.9. The third kappa shape index (κ3) is 5.76. The predicted octanol–water partition coefficient (Wildman–Crippen LogP) is 1.66. The van der Waals surface area contributed by atoms with Crippen LogP contribution in [0.25, 0.3) is 0 Å². The van der Waals surface area contributed by atoms with Crippen molar-refractivity contribution in [2.45, 2.75) is 51.5 Å². The van der Waals surface area contributed by atoms with Gasteiger partial charge in [-0.25, -0.2) is 4.79 Å². The third-order valence-corrected chi connectivity index (χ3v) is 2.86. The minimum absolute atomic E-state index is 0.109. The van der Waals surface area contributed by atoms with Gasteiger partial charge in [0.25, 0.3) is 0 Å². The van der Waals surface area contributed by atoms with Crippen molar-refractivity contribution in [3.8, 4) is 0 Å². The molecule has 0 spiro atoms. The van der Waals surface area contributed by atoms with Crippen molar-refractivity contribution in [2.24, 2.45) is 0 Å². The lowest BCUT2D eigenvalue weighted by Crippen LogP contribution is -2.40. The zero-order valence-electron chi connectivity index (χ0n) is 12.3. The largest absolute Gasteiger partial charge is 0.480 e. The number of allylic oxidation sites excluding steroid dienone is 1. The second-order valence-electron chi connectivity index (χ2n) is 5.03. The molecule has 116 valence electrons. The highest BCUT2D eigenvalue weighted by Crippen LogP contribution is 2.10. The number of aromatic nitrogens is 2. The Balaban J connectivity index is 2.44. The molecule has 0 saturated carbocycles. The fourth-order valence-corrected chi connectivity index (χ4v) is 1.63. The van der Waals surface area contributed by atoms with E-state index in [1.165, 1.54) is 0 Å². The molecular weight excluding hydrogens is 274 g/mol. The van der Waals surface area contributed by atoms with Crippen LogP contribution in [0.15, 0.2) is 17.2 Å². The highest BCUT2D eigenvalue weighted by molar-refractivity contribution is 5.83. The monoisotopic (exact) mass is 295 g/mol. The summed E-state index contributed by atoms with van der Waals surface area (Å²) in [5, 5.41) is 15.3. The number of carboxylic acid groups (broad SMARTS) is 1. The average Bonchev–Trinajstić information content (AvgIpc) is 2.90. The first-order valence-electron chi connectivity index (χ1n) is 6.89. The minimum Gasteiger partial charge on any atom is -0.480 e. The first kappa shape index (κ1) is 16.9. The Morgan fingerprint density at radius 3 is 2.71 bits per heavy atom. The minimum atomic E-state index is -1.05. The number of aryl methyl sites for hydroxylation is 1. The molecule has 21 heavy (non-hydrogen) atoms. The molecule has 1 unspecified atom stereocenters.